The Labute approximate surface area is 110 Å². The number of ether oxygens (including phenoxy) is 1. The van der Waals surface area contributed by atoms with Crippen molar-refractivity contribution in [1.29, 1.82) is 0 Å². The average molecular weight is 248 g/mol. The lowest BCUT2D eigenvalue weighted by Crippen LogP contribution is -2.34. The lowest BCUT2D eigenvalue weighted by Gasteiger charge is -2.28. The Bertz CT molecular complexity index is 425. The molecular weight excluding hydrogens is 224 g/mol. The van der Waals surface area contributed by atoms with Crippen LogP contribution in [0.4, 0.5) is 0 Å². The van der Waals surface area contributed by atoms with Crippen molar-refractivity contribution in [3.63, 3.8) is 0 Å². The topological polar surface area (TPSA) is 29.5 Å². The highest BCUT2D eigenvalue weighted by Gasteiger charge is 2.47. The smallest absolute Gasteiger partial charge is 0.119 e. The van der Waals surface area contributed by atoms with E-state index < -0.39 is 5.60 Å². The van der Waals surface area contributed by atoms with Crippen LogP contribution in [0.2, 0.25) is 0 Å². The van der Waals surface area contributed by atoms with E-state index in [-0.39, 0.29) is 5.41 Å². The number of methoxy groups -OCH3 is 1. The van der Waals surface area contributed by atoms with Crippen LogP contribution >= 0.6 is 0 Å². The van der Waals surface area contributed by atoms with Crippen LogP contribution in [0.3, 0.4) is 0 Å². The molecule has 2 atom stereocenters. The van der Waals surface area contributed by atoms with Crippen molar-refractivity contribution in [2.24, 2.45) is 11.3 Å². The molecular formula is C16H24O2. The zero-order chi connectivity index (χ0) is 13.4. The predicted molar refractivity (Wildman–Crippen MR) is 73.8 cm³/mol. The molecule has 100 valence electrons. The zero-order valence-electron chi connectivity index (χ0n) is 11.9. The van der Waals surface area contributed by atoms with Crippen molar-refractivity contribution >= 4 is 0 Å². The van der Waals surface area contributed by atoms with E-state index in [0.717, 1.165) is 30.6 Å². The molecule has 1 aromatic rings. The first-order chi connectivity index (χ1) is 8.35. The van der Waals surface area contributed by atoms with Crippen molar-refractivity contribution in [2.45, 2.75) is 45.6 Å². The predicted octanol–water partition coefficient (Wildman–Crippen LogP) is 3.42. The third-order valence-electron chi connectivity index (χ3n) is 4.21. The van der Waals surface area contributed by atoms with Gasteiger partial charge in [0.1, 0.15) is 5.75 Å². The van der Waals surface area contributed by atoms with Crippen molar-refractivity contribution in [1.82, 2.24) is 0 Å². The zero-order valence-corrected chi connectivity index (χ0v) is 11.9. The van der Waals surface area contributed by atoms with Crippen molar-refractivity contribution in [3.05, 3.63) is 29.8 Å². The summed E-state index contributed by atoms with van der Waals surface area (Å²) in [5.41, 5.74) is 0.824. The molecule has 0 bridgehead atoms. The summed E-state index contributed by atoms with van der Waals surface area (Å²) in [5.74, 6) is 1.21. The molecule has 0 radical (unpaired) electrons. The molecule has 0 aliphatic heterocycles. The second kappa shape index (κ2) is 4.58. The summed E-state index contributed by atoms with van der Waals surface area (Å²) in [4.78, 5) is 0. The third-order valence-corrected chi connectivity index (χ3v) is 4.21. The molecule has 1 aliphatic rings. The molecule has 18 heavy (non-hydrogen) atoms. The van der Waals surface area contributed by atoms with Gasteiger partial charge in [0.15, 0.2) is 0 Å². The Morgan fingerprint density at radius 1 is 1.39 bits per heavy atom. The Morgan fingerprint density at radius 2 is 2.11 bits per heavy atom. The quantitative estimate of drug-likeness (QED) is 0.888. The van der Waals surface area contributed by atoms with Gasteiger partial charge >= 0.3 is 0 Å². The van der Waals surface area contributed by atoms with E-state index in [2.05, 4.69) is 26.8 Å². The molecule has 0 saturated heterocycles. The van der Waals surface area contributed by atoms with Gasteiger partial charge in [-0.3, -0.25) is 0 Å². The van der Waals surface area contributed by atoms with E-state index in [1.54, 1.807) is 7.11 Å². The van der Waals surface area contributed by atoms with Gasteiger partial charge < -0.3 is 9.84 Å². The minimum absolute atomic E-state index is 0.243. The summed E-state index contributed by atoms with van der Waals surface area (Å²) in [6, 6.07) is 8.02. The molecule has 1 aliphatic carbocycles. The van der Waals surface area contributed by atoms with Crippen LogP contribution in [0.15, 0.2) is 24.3 Å². The van der Waals surface area contributed by atoms with Gasteiger partial charge in [-0.1, -0.05) is 32.9 Å². The molecule has 0 heterocycles. The summed E-state index contributed by atoms with van der Waals surface area (Å²) >= 11 is 0. The molecule has 1 N–H and O–H groups in total. The fourth-order valence-electron chi connectivity index (χ4n) is 3.47. The van der Waals surface area contributed by atoms with E-state index in [0.29, 0.717) is 5.92 Å². The van der Waals surface area contributed by atoms with Gasteiger partial charge in [-0.15, -0.1) is 0 Å². The minimum atomic E-state index is -0.574. The van der Waals surface area contributed by atoms with Gasteiger partial charge in [0.2, 0.25) is 0 Å². The highest BCUT2D eigenvalue weighted by atomic mass is 16.5. The van der Waals surface area contributed by atoms with Crippen LogP contribution < -0.4 is 4.74 Å². The number of benzene rings is 1. The third kappa shape index (κ3) is 2.69. The van der Waals surface area contributed by atoms with Crippen LogP contribution in [0, 0.1) is 11.3 Å². The minimum Gasteiger partial charge on any atom is -0.497 e. The Hall–Kier alpha value is -1.02. The number of hydrogen-bond donors (Lipinski definition) is 1. The number of hydrogen-bond acceptors (Lipinski definition) is 2. The van der Waals surface area contributed by atoms with Crippen LogP contribution in [-0.2, 0) is 6.42 Å². The molecule has 0 aromatic heterocycles. The summed E-state index contributed by atoms with van der Waals surface area (Å²) in [5, 5.41) is 10.9. The lowest BCUT2D eigenvalue weighted by molar-refractivity contribution is 0.00443. The number of aliphatic hydroxyl groups is 1. The van der Waals surface area contributed by atoms with Crippen LogP contribution in [0.1, 0.15) is 39.2 Å². The van der Waals surface area contributed by atoms with Crippen molar-refractivity contribution < 1.29 is 9.84 Å². The second-order valence-electron chi connectivity index (χ2n) is 6.58. The summed E-state index contributed by atoms with van der Waals surface area (Å²) in [7, 11) is 1.68. The van der Waals surface area contributed by atoms with E-state index in [1.807, 2.05) is 18.2 Å². The molecule has 2 unspecified atom stereocenters. The summed E-state index contributed by atoms with van der Waals surface area (Å²) in [6.07, 6.45) is 2.68. The maximum absolute atomic E-state index is 10.9. The van der Waals surface area contributed by atoms with Gasteiger partial charge in [0, 0.05) is 6.42 Å². The first-order valence-corrected chi connectivity index (χ1v) is 6.70. The molecule has 0 amide bonds. The molecule has 2 nitrogen and oxygen atoms in total. The van der Waals surface area contributed by atoms with Crippen molar-refractivity contribution in [2.75, 3.05) is 7.11 Å². The Morgan fingerprint density at radius 3 is 2.67 bits per heavy atom. The normalized spacial score (nSPS) is 30.4. The first kappa shape index (κ1) is 13.4. The molecule has 2 heteroatoms. The molecule has 1 aromatic carbocycles. The summed E-state index contributed by atoms with van der Waals surface area (Å²) in [6.45, 7) is 6.65. The maximum atomic E-state index is 10.9. The van der Waals surface area contributed by atoms with Gasteiger partial charge in [0.05, 0.1) is 12.7 Å². The number of rotatable bonds is 3. The monoisotopic (exact) mass is 248 g/mol. The van der Waals surface area contributed by atoms with Crippen LogP contribution in [0.5, 0.6) is 5.75 Å². The van der Waals surface area contributed by atoms with Gasteiger partial charge in [-0.2, -0.15) is 0 Å². The van der Waals surface area contributed by atoms with Gasteiger partial charge in [-0.05, 0) is 41.9 Å². The van der Waals surface area contributed by atoms with E-state index in [9.17, 15) is 5.11 Å². The molecule has 1 fully saturated rings. The van der Waals surface area contributed by atoms with Gasteiger partial charge in [-0.25, -0.2) is 0 Å². The van der Waals surface area contributed by atoms with E-state index >= 15 is 0 Å². The summed E-state index contributed by atoms with van der Waals surface area (Å²) < 4.78 is 5.24. The molecule has 0 spiro atoms. The fourth-order valence-corrected chi connectivity index (χ4v) is 3.47. The highest BCUT2D eigenvalue weighted by Crippen LogP contribution is 2.48. The SMILES string of the molecule is COc1cccc(CC2(O)CC(C)(C)CC2C)c1. The van der Waals surface area contributed by atoms with Crippen LogP contribution in [0.25, 0.3) is 0 Å². The lowest BCUT2D eigenvalue weighted by atomic mass is 9.84. The first-order valence-electron chi connectivity index (χ1n) is 6.70. The Kier molecular flexibility index (Phi) is 3.41. The van der Waals surface area contributed by atoms with Crippen molar-refractivity contribution in [3.8, 4) is 5.75 Å². The fraction of sp³-hybridized carbons (Fsp3) is 0.625. The van der Waals surface area contributed by atoms with E-state index in [1.165, 1.54) is 0 Å². The molecule has 2 rings (SSSR count). The van der Waals surface area contributed by atoms with E-state index in [4.69, 9.17) is 4.74 Å². The second-order valence-corrected chi connectivity index (χ2v) is 6.58. The standard InChI is InChI=1S/C16H24O2/c1-12-9-15(2,3)11-16(12,17)10-13-6-5-7-14(8-13)18-4/h5-8,12,17H,9-11H2,1-4H3. The maximum Gasteiger partial charge on any atom is 0.119 e. The molecule has 1 saturated carbocycles. The highest BCUT2D eigenvalue weighted by molar-refractivity contribution is 5.29. The van der Waals surface area contributed by atoms with Gasteiger partial charge in [0.25, 0.3) is 0 Å². The Balaban J connectivity index is 2.17. The average Bonchev–Trinajstić information content (AvgIpc) is 2.47. The van der Waals surface area contributed by atoms with Crippen LogP contribution in [-0.4, -0.2) is 17.8 Å². The largest absolute Gasteiger partial charge is 0.497 e.